The first-order valence-corrected chi connectivity index (χ1v) is 8.94. The van der Waals surface area contributed by atoms with Crippen LogP contribution in [0.15, 0.2) is 36.5 Å². The lowest BCUT2D eigenvalue weighted by atomic mass is 9.89. The lowest BCUT2D eigenvalue weighted by Gasteiger charge is -2.30. The Morgan fingerprint density at radius 2 is 1.84 bits per heavy atom. The highest BCUT2D eigenvalue weighted by Gasteiger charge is 2.27. The number of likely N-dealkylation sites (tertiary alicyclic amines) is 1. The first-order valence-electron chi connectivity index (χ1n) is 8.94. The Morgan fingerprint density at radius 3 is 2.40 bits per heavy atom. The van der Waals surface area contributed by atoms with E-state index in [9.17, 15) is 4.79 Å². The molecule has 1 aromatic carbocycles. The van der Waals surface area contributed by atoms with Gasteiger partial charge in [0.2, 0.25) is 0 Å². The van der Waals surface area contributed by atoms with Crippen LogP contribution in [0.2, 0.25) is 0 Å². The third kappa shape index (κ3) is 4.10. The minimum Gasteiger partial charge on any atom is -0.481 e. The van der Waals surface area contributed by atoms with E-state index in [4.69, 9.17) is 10.2 Å². The van der Waals surface area contributed by atoms with Crippen LogP contribution in [0.1, 0.15) is 44.9 Å². The van der Waals surface area contributed by atoms with Crippen molar-refractivity contribution in [3.63, 3.8) is 0 Å². The van der Waals surface area contributed by atoms with E-state index in [1.807, 2.05) is 22.9 Å². The molecule has 1 aliphatic heterocycles. The molecule has 0 bridgehead atoms. The van der Waals surface area contributed by atoms with Crippen LogP contribution in [0, 0.1) is 5.92 Å². The van der Waals surface area contributed by atoms with Gasteiger partial charge in [-0.25, -0.2) is 4.68 Å². The largest absolute Gasteiger partial charge is 0.481 e. The van der Waals surface area contributed by atoms with Crippen LogP contribution >= 0.6 is 0 Å². The van der Waals surface area contributed by atoms with Crippen molar-refractivity contribution in [2.45, 2.75) is 45.6 Å². The molecule has 2 aromatic rings. The fourth-order valence-electron chi connectivity index (χ4n) is 3.45. The van der Waals surface area contributed by atoms with Crippen LogP contribution in [0.25, 0.3) is 5.69 Å². The van der Waals surface area contributed by atoms with Gasteiger partial charge in [0.1, 0.15) is 0 Å². The van der Waals surface area contributed by atoms with Gasteiger partial charge in [0, 0.05) is 23.7 Å². The maximum absolute atomic E-state index is 11.1. The Morgan fingerprint density at radius 1 is 1.20 bits per heavy atom. The summed E-state index contributed by atoms with van der Waals surface area (Å²) < 4.78 is 1.96. The van der Waals surface area contributed by atoms with Gasteiger partial charge < -0.3 is 5.11 Å². The van der Waals surface area contributed by atoms with E-state index in [0.29, 0.717) is 0 Å². The van der Waals surface area contributed by atoms with Gasteiger partial charge in [0.05, 0.1) is 17.3 Å². The van der Waals surface area contributed by atoms with E-state index < -0.39 is 5.97 Å². The molecule has 3 rings (SSSR count). The number of hydrogen-bond acceptors (Lipinski definition) is 3. The summed E-state index contributed by atoms with van der Waals surface area (Å²) in [6.45, 7) is 9.04. The summed E-state index contributed by atoms with van der Waals surface area (Å²) in [5.41, 5.74) is 3.36. The monoisotopic (exact) mass is 341 g/mol. The number of piperidine rings is 1. The molecule has 25 heavy (non-hydrogen) atoms. The van der Waals surface area contributed by atoms with E-state index in [-0.39, 0.29) is 11.3 Å². The molecule has 1 N–H and O–H groups in total. The van der Waals surface area contributed by atoms with Gasteiger partial charge in [-0.2, -0.15) is 5.10 Å². The highest BCUT2D eigenvalue weighted by Crippen LogP contribution is 2.28. The summed E-state index contributed by atoms with van der Waals surface area (Å²) in [5.74, 6) is -0.850. The van der Waals surface area contributed by atoms with Crippen molar-refractivity contribution in [1.29, 1.82) is 0 Å². The number of rotatable bonds is 4. The molecule has 5 heteroatoms. The number of hydrogen-bond donors (Lipinski definition) is 1. The third-order valence-electron chi connectivity index (χ3n) is 4.85. The Balaban J connectivity index is 1.81. The highest BCUT2D eigenvalue weighted by molar-refractivity contribution is 5.70. The van der Waals surface area contributed by atoms with Crippen molar-refractivity contribution in [2.75, 3.05) is 13.1 Å². The number of aliphatic carboxylic acids is 1. The molecule has 134 valence electrons. The van der Waals surface area contributed by atoms with Crippen molar-refractivity contribution >= 4 is 5.97 Å². The van der Waals surface area contributed by atoms with E-state index in [1.54, 1.807) is 0 Å². The van der Waals surface area contributed by atoms with Crippen molar-refractivity contribution < 1.29 is 9.90 Å². The van der Waals surface area contributed by atoms with Gasteiger partial charge in [0.25, 0.3) is 0 Å². The summed E-state index contributed by atoms with van der Waals surface area (Å²) in [6, 6.07) is 10.2. The molecule has 0 amide bonds. The molecule has 1 aliphatic rings. The smallest absolute Gasteiger partial charge is 0.306 e. The Bertz CT molecular complexity index is 723. The van der Waals surface area contributed by atoms with Gasteiger partial charge in [-0.3, -0.25) is 9.69 Å². The highest BCUT2D eigenvalue weighted by atomic mass is 16.4. The second-order valence-electron chi connectivity index (χ2n) is 7.92. The molecule has 1 fully saturated rings. The molecule has 2 heterocycles. The van der Waals surface area contributed by atoms with Crippen LogP contribution < -0.4 is 0 Å². The zero-order valence-electron chi connectivity index (χ0n) is 15.3. The summed E-state index contributed by atoms with van der Waals surface area (Å²) in [5, 5.41) is 14.0. The Kier molecular flexibility index (Phi) is 4.95. The van der Waals surface area contributed by atoms with Gasteiger partial charge in [-0.15, -0.1) is 0 Å². The quantitative estimate of drug-likeness (QED) is 0.925. The maximum atomic E-state index is 11.1. The van der Waals surface area contributed by atoms with Crippen LogP contribution in [0.5, 0.6) is 0 Å². The first-order chi connectivity index (χ1) is 11.8. The lowest BCUT2D eigenvalue weighted by Crippen LogP contribution is -2.36. The number of nitrogens with zero attached hydrogens (tertiary/aromatic N) is 3. The molecule has 5 nitrogen and oxygen atoms in total. The molecule has 0 unspecified atom stereocenters. The molecule has 1 aromatic heterocycles. The van der Waals surface area contributed by atoms with E-state index in [1.165, 1.54) is 5.56 Å². The fourth-order valence-corrected chi connectivity index (χ4v) is 3.45. The fraction of sp³-hybridized carbons (Fsp3) is 0.500. The van der Waals surface area contributed by atoms with Crippen molar-refractivity contribution in [3.05, 3.63) is 47.8 Å². The molecular formula is C20H27N3O2. The summed E-state index contributed by atoms with van der Waals surface area (Å²) in [4.78, 5) is 13.5. The SMILES string of the molecule is CC(C)(C)c1nn(-c2ccccc2)cc1CN1CCC(C(=O)O)CC1. The first kappa shape index (κ1) is 17.7. The minimum absolute atomic E-state index is 0.0330. The standard InChI is InChI=1S/C20H27N3O2/c1-20(2,3)18-16(13-22-11-9-15(10-12-22)19(24)25)14-23(21-18)17-7-5-4-6-8-17/h4-8,14-15H,9-13H2,1-3H3,(H,24,25). The molecule has 0 radical (unpaired) electrons. The summed E-state index contributed by atoms with van der Waals surface area (Å²) in [6.07, 6.45) is 3.58. The minimum atomic E-state index is -0.660. The predicted octanol–water partition coefficient (Wildman–Crippen LogP) is 3.47. The predicted molar refractivity (Wildman–Crippen MR) is 97.9 cm³/mol. The van der Waals surface area contributed by atoms with Crippen LogP contribution in [0.4, 0.5) is 0 Å². The normalized spacial score (nSPS) is 16.9. The summed E-state index contributed by atoms with van der Waals surface area (Å²) >= 11 is 0. The number of para-hydroxylation sites is 1. The van der Waals surface area contributed by atoms with Crippen molar-refractivity contribution in [3.8, 4) is 5.69 Å². The zero-order chi connectivity index (χ0) is 18.0. The zero-order valence-corrected chi connectivity index (χ0v) is 15.3. The van der Waals surface area contributed by atoms with Gasteiger partial charge >= 0.3 is 5.97 Å². The number of benzene rings is 1. The second-order valence-corrected chi connectivity index (χ2v) is 7.92. The molecule has 1 saturated heterocycles. The lowest BCUT2D eigenvalue weighted by molar-refractivity contribution is -0.143. The van der Waals surface area contributed by atoms with Gasteiger partial charge in [0.15, 0.2) is 0 Å². The van der Waals surface area contributed by atoms with Gasteiger partial charge in [-0.1, -0.05) is 39.0 Å². The third-order valence-corrected chi connectivity index (χ3v) is 4.85. The number of carbonyl (C=O) groups is 1. The number of aromatic nitrogens is 2. The molecule has 0 spiro atoms. The maximum Gasteiger partial charge on any atom is 0.306 e. The van der Waals surface area contributed by atoms with Crippen molar-refractivity contribution in [1.82, 2.24) is 14.7 Å². The van der Waals surface area contributed by atoms with E-state index in [0.717, 1.165) is 43.9 Å². The average Bonchev–Trinajstić information content (AvgIpc) is 3.00. The van der Waals surface area contributed by atoms with E-state index in [2.05, 4.69) is 44.0 Å². The molecular weight excluding hydrogens is 314 g/mol. The molecule has 0 atom stereocenters. The Hall–Kier alpha value is -2.14. The van der Waals surface area contributed by atoms with Crippen LogP contribution in [-0.4, -0.2) is 38.8 Å². The number of carboxylic acids is 1. The second kappa shape index (κ2) is 7.00. The summed E-state index contributed by atoms with van der Waals surface area (Å²) in [7, 11) is 0. The number of carboxylic acid groups (broad SMARTS) is 1. The average molecular weight is 341 g/mol. The molecule has 0 saturated carbocycles. The van der Waals surface area contributed by atoms with Crippen molar-refractivity contribution in [2.24, 2.45) is 5.92 Å². The topological polar surface area (TPSA) is 58.4 Å². The van der Waals surface area contributed by atoms with E-state index >= 15 is 0 Å². The Labute approximate surface area is 149 Å². The van der Waals surface area contributed by atoms with Gasteiger partial charge in [-0.05, 0) is 38.1 Å². The van der Waals surface area contributed by atoms with Crippen LogP contribution in [-0.2, 0) is 16.8 Å². The molecule has 0 aliphatic carbocycles. The van der Waals surface area contributed by atoms with Crippen LogP contribution in [0.3, 0.4) is 0 Å².